The van der Waals surface area contributed by atoms with Crippen molar-refractivity contribution in [3.8, 4) is 11.1 Å². The summed E-state index contributed by atoms with van der Waals surface area (Å²) in [5.74, 6) is 0. The van der Waals surface area contributed by atoms with Gasteiger partial charge < -0.3 is 9.32 Å². The molecule has 0 fully saturated rings. The Bertz CT molecular complexity index is 3520. The van der Waals surface area contributed by atoms with Crippen molar-refractivity contribution in [3.63, 3.8) is 0 Å². The van der Waals surface area contributed by atoms with Gasteiger partial charge in [-0.2, -0.15) is 0 Å². The molecular weight excluding hydrogens is 751 g/mol. The minimum absolute atomic E-state index is 0.254. The molecule has 2 nitrogen and oxygen atoms in total. The van der Waals surface area contributed by atoms with Crippen molar-refractivity contribution in [3.05, 3.63) is 221 Å². The molecule has 0 saturated heterocycles. The molecule has 1 aromatic heterocycles. The van der Waals surface area contributed by atoms with Crippen molar-refractivity contribution < 1.29 is 4.42 Å². The normalized spacial score (nSPS) is 13.5. The van der Waals surface area contributed by atoms with Gasteiger partial charge >= 0.3 is 0 Å². The van der Waals surface area contributed by atoms with E-state index in [0.717, 1.165) is 45.6 Å². The van der Waals surface area contributed by atoms with Crippen LogP contribution in [0.4, 0.5) is 17.1 Å². The molecule has 0 unspecified atom stereocenters. The first-order chi connectivity index (χ1) is 30.3. The van der Waals surface area contributed by atoms with Crippen LogP contribution in [0.5, 0.6) is 0 Å². The number of nitrogens with zero attached hydrogens (tertiary/aromatic N) is 1. The standard InChI is InChI=1S/C60H45NO/c1-37-30-38(2)32-41(31-37)42(33-39-16-8-5-9-17-39)34-40-26-28-47-53(35-40)62-59-51-25-15-22-48-55(51)54-49(57(47)59)23-14-24-50(54)58-56(48)46-29-27-45(36-52(46)60(58,3)4)61(43-18-10-6-11-19-43)44-20-12-7-13-21-44/h5-32,34-36H,33H2,1-4H3/b42-34-. The number of para-hydroxylation sites is 2. The van der Waals surface area contributed by atoms with Crippen molar-refractivity contribution in [2.45, 2.75) is 39.5 Å². The van der Waals surface area contributed by atoms with Gasteiger partial charge in [-0.15, -0.1) is 0 Å². The van der Waals surface area contributed by atoms with E-state index < -0.39 is 0 Å². The molecule has 0 amide bonds. The van der Waals surface area contributed by atoms with Gasteiger partial charge in [0, 0.05) is 44.0 Å². The van der Waals surface area contributed by atoms with Crippen LogP contribution in [-0.4, -0.2) is 0 Å². The summed E-state index contributed by atoms with van der Waals surface area (Å²) < 4.78 is 7.07. The number of anilines is 3. The van der Waals surface area contributed by atoms with E-state index in [2.05, 4.69) is 221 Å². The van der Waals surface area contributed by atoms with Crippen LogP contribution >= 0.6 is 0 Å². The van der Waals surface area contributed by atoms with Crippen molar-refractivity contribution in [1.82, 2.24) is 0 Å². The predicted molar refractivity (Wildman–Crippen MR) is 264 cm³/mol. The van der Waals surface area contributed by atoms with Crippen molar-refractivity contribution >= 4 is 83.0 Å². The molecule has 0 atom stereocenters. The zero-order valence-corrected chi connectivity index (χ0v) is 35.5. The molecule has 11 aromatic rings. The quantitative estimate of drug-likeness (QED) is 0.118. The third-order valence-electron chi connectivity index (χ3n) is 13.4. The summed E-state index contributed by atoms with van der Waals surface area (Å²) in [4.78, 5) is 2.37. The maximum atomic E-state index is 7.07. The third-order valence-corrected chi connectivity index (χ3v) is 13.4. The number of hydrogen-bond acceptors (Lipinski definition) is 2. The molecule has 2 heteroatoms. The molecule has 296 valence electrons. The Hall–Kier alpha value is -7.42. The van der Waals surface area contributed by atoms with E-state index in [-0.39, 0.29) is 5.41 Å². The molecule has 0 bridgehead atoms. The number of furan rings is 1. The lowest BCUT2D eigenvalue weighted by molar-refractivity contribution is 0.666. The predicted octanol–water partition coefficient (Wildman–Crippen LogP) is 16.7. The zero-order chi connectivity index (χ0) is 41.7. The topological polar surface area (TPSA) is 16.4 Å². The molecule has 10 aromatic carbocycles. The second-order valence-corrected chi connectivity index (χ2v) is 17.8. The summed E-state index contributed by atoms with van der Waals surface area (Å²) in [5.41, 5.74) is 18.0. The highest BCUT2D eigenvalue weighted by Gasteiger charge is 2.40. The van der Waals surface area contributed by atoms with Gasteiger partial charge in [-0.05, 0) is 135 Å². The minimum atomic E-state index is -0.254. The van der Waals surface area contributed by atoms with E-state index in [1.165, 1.54) is 87.8 Å². The first-order valence-corrected chi connectivity index (χ1v) is 21.8. The Morgan fingerprint density at radius 3 is 1.87 bits per heavy atom. The minimum Gasteiger partial charge on any atom is -0.455 e. The van der Waals surface area contributed by atoms with Gasteiger partial charge in [-0.3, -0.25) is 0 Å². The number of fused-ring (bicyclic) bond motifs is 10. The molecule has 1 heterocycles. The first-order valence-electron chi connectivity index (χ1n) is 21.8. The average molecular weight is 796 g/mol. The van der Waals surface area contributed by atoms with Crippen LogP contribution < -0.4 is 4.90 Å². The van der Waals surface area contributed by atoms with Crippen molar-refractivity contribution in [1.29, 1.82) is 0 Å². The summed E-state index contributed by atoms with van der Waals surface area (Å²) in [6.45, 7) is 9.21. The fourth-order valence-electron chi connectivity index (χ4n) is 10.9. The highest BCUT2D eigenvalue weighted by atomic mass is 16.3. The highest BCUT2D eigenvalue weighted by Crippen LogP contribution is 2.58. The maximum Gasteiger partial charge on any atom is 0.143 e. The van der Waals surface area contributed by atoms with Crippen LogP contribution in [0.3, 0.4) is 0 Å². The molecule has 1 aliphatic rings. The maximum absolute atomic E-state index is 7.07. The molecule has 0 saturated carbocycles. The molecule has 0 spiro atoms. The van der Waals surface area contributed by atoms with Crippen LogP contribution in [-0.2, 0) is 11.8 Å². The number of rotatable bonds is 7. The van der Waals surface area contributed by atoms with Gasteiger partial charge in [-0.1, -0.05) is 165 Å². The largest absolute Gasteiger partial charge is 0.455 e. The lowest BCUT2D eigenvalue weighted by atomic mass is 9.77. The second-order valence-electron chi connectivity index (χ2n) is 17.8. The second kappa shape index (κ2) is 13.8. The molecule has 12 rings (SSSR count). The Kier molecular flexibility index (Phi) is 8.11. The smallest absolute Gasteiger partial charge is 0.143 e. The fourth-order valence-corrected chi connectivity index (χ4v) is 10.9. The van der Waals surface area contributed by atoms with Crippen LogP contribution in [0.1, 0.15) is 52.8 Å². The van der Waals surface area contributed by atoms with E-state index in [9.17, 15) is 0 Å². The Labute approximate surface area is 362 Å². The Morgan fingerprint density at radius 2 is 1.16 bits per heavy atom. The molecule has 0 radical (unpaired) electrons. The van der Waals surface area contributed by atoms with Crippen molar-refractivity contribution in [2.75, 3.05) is 4.90 Å². The van der Waals surface area contributed by atoms with E-state index in [1.54, 1.807) is 0 Å². The van der Waals surface area contributed by atoms with Gasteiger partial charge in [0.25, 0.3) is 0 Å². The van der Waals surface area contributed by atoms with E-state index in [4.69, 9.17) is 4.42 Å². The molecule has 0 aliphatic heterocycles. The monoisotopic (exact) mass is 795 g/mol. The summed E-state index contributed by atoms with van der Waals surface area (Å²) >= 11 is 0. The Morgan fingerprint density at radius 1 is 0.532 bits per heavy atom. The summed E-state index contributed by atoms with van der Waals surface area (Å²) in [7, 11) is 0. The van der Waals surface area contributed by atoms with Crippen molar-refractivity contribution in [2.24, 2.45) is 0 Å². The fraction of sp³-hybridized carbons (Fsp3) is 0.100. The lowest BCUT2D eigenvalue weighted by Crippen LogP contribution is -2.17. The number of benzene rings is 10. The van der Waals surface area contributed by atoms with E-state index >= 15 is 0 Å². The Balaban J connectivity index is 1.06. The molecule has 1 aliphatic carbocycles. The SMILES string of the molecule is Cc1cc(C)cc(/C(=C\c2ccc3c(c2)oc2c4cccc5c6c(c7cccc(c32)c7c54)C(C)(C)c2cc(N(c3ccccc3)c3ccccc3)ccc2-6)Cc2ccccc2)c1. The van der Waals surface area contributed by atoms with E-state index in [0.29, 0.717) is 0 Å². The number of allylic oxidation sites excluding steroid dienone is 1. The number of aryl methyl sites for hydroxylation is 2. The summed E-state index contributed by atoms with van der Waals surface area (Å²) in [6, 6.07) is 66.8. The zero-order valence-electron chi connectivity index (χ0n) is 35.5. The summed E-state index contributed by atoms with van der Waals surface area (Å²) in [5, 5.41) is 9.97. The van der Waals surface area contributed by atoms with Gasteiger partial charge in [0.2, 0.25) is 0 Å². The summed E-state index contributed by atoms with van der Waals surface area (Å²) in [6.07, 6.45) is 3.20. The highest BCUT2D eigenvalue weighted by molar-refractivity contribution is 6.39. The number of hydrogen-bond donors (Lipinski definition) is 0. The van der Waals surface area contributed by atoms with Crippen LogP contribution in [0.15, 0.2) is 186 Å². The average Bonchev–Trinajstić information content (AvgIpc) is 3.79. The molecular formula is C60H45NO. The molecule has 0 N–H and O–H groups in total. The lowest BCUT2D eigenvalue weighted by Gasteiger charge is -2.28. The van der Waals surface area contributed by atoms with Crippen LogP contribution in [0.2, 0.25) is 0 Å². The van der Waals surface area contributed by atoms with Crippen LogP contribution in [0, 0.1) is 13.8 Å². The van der Waals surface area contributed by atoms with Gasteiger partial charge in [-0.25, -0.2) is 0 Å². The van der Waals surface area contributed by atoms with Gasteiger partial charge in [0.1, 0.15) is 11.2 Å². The van der Waals surface area contributed by atoms with Crippen LogP contribution in [0.25, 0.3) is 77.0 Å². The van der Waals surface area contributed by atoms with Gasteiger partial charge in [0.15, 0.2) is 0 Å². The van der Waals surface area contributed by atoms with Gasteiger partial charge in [0.05, 0.1) is 0 Å². The third kappa shape index (κ3) is 5.56. The first kappa shape index (κ1) is 36.4. The molecule has 62 heavy (non-hydrogen) atoms. The van der Waals surface area contributed by atoms with E-state index in [1.807, 2.05) is 0 Å².